The van der Waals surface area contributed by atoms with Crippen molar-refractivity contribution in [3.8, 4) is 0 Å². The molecule has 3 rings (SSSR count). The molecule has 92 valence electrons. The predicted octanol–water partition coefficient (Wildman–Crippen LogP) is 1.29. The van der Waals surface area contributed by atoms with Gasteiger partial charge in [-0.05, 0) is 12.1 Å². The monoisotopic (exact) mass is 241 g/mol. The van der Waals surface area contributed by atoms with E-state index in [1.807, 2.05) is 19.2 Å². The highest BCUT2D eigenvalue weighted by atomic mass is 15.2. The highest BCUT2D eigenvalue weighted by Crippen LogP contribution is 2.26. The van der Waals surface area contributed by atoms with Crippen molar-refractivity contribution in [3.63, 3.8) is 0 Å². The normalized spacial score (nSPS) is 14.1. The Kier molecular flexibility index (Phi) is 2.90. The van der Waals surface area contributed by atoms with E-state index in [0.29, 0.717) is 0 Å². The Morgan fingerprint density at radius 3 is 2.89 bits per heavy atom. The van der Waals surface area contributed by atoms with Crippen LogP contribution in [0.4, 0.5) is 11.5 Å². The van der Waals surface area contributed by atoms with E-state index in [1.54, 1.807) is 18.7 Å². The van der Waals surface area contributed by atoms with Crippen LogP contribution in [0.3, 0.4) is 0 Å². The molecule has 5 heteroatoms. The zero-order valence-electron chi connectivity index (χ0n) is 10.3. The summed E-state index contributed by atoms with van der Waals surface area (Å²) < 4.78 is 0. The number of fused-ring (bicyclic) bond motifs is 1. The van der Waals surface area contributed by atoms with Crippen molar-refractivity contribution in [2.75, 3.05) is 18.5 Å². The molecule has 2 aromatic heterocycles. The first-order chi connectivity index (χ1) is 8.86. The molecule has 18 heavy (non-hydrogen) atoms. The third-order valence-electron chi connectivity index (χ3n) is 3.22. The second-order valence-corrected chi connectivity index (χ2v) is 4.31. The van der Waals surface area contributed by atoms with Crippen molar-refractivity contribution in [1.29, 1.82) is 0 Å². The van der Waals surface area contributed by atoms with Crippen molar-refractivity contribution in [2.24, 2.45) is 0 Å². The Morgan fingerprint density at radius 1 is 1.22 bits per heavy atom. The van der Waals surface area contributed by atoms with Crippen LogP contribution in [0.5, 0.6) is 0 Å². The molecule has 0 aromatic carbocycles. The first-order valence-corrected chi connectivity index (χ1v) is 6.03. The molecule has 5 nitrogen and oxygen atoms in total. The molecular formula is C13H15N5. The number of aromatic nitrogens is 3. The van der Waals surface area contributed by atoms with Gasteiger partial charge in [-0.15, -0.1) is 0 Å². The second-order valence-electron chi connectivity index (χ2n) is 4.31. The Bertz CT molecular complexity index is 540. The minimum absolute atomic E-state index is 0.834. The maximum absolute atomic E-state index is 4.42. The number of anilines is 2. The lowest BCUT2D eigenvalue weighted by atomic mass is 10.1. The zero-order valence-corrected chi connectivity index (χ0v) is 10.3. The number of nitrogens with zero attached hydrogens (tertiary/aromatic N) is 4. The molecule has 2 aromatic rings. The van der Waals surface area contributed by atoms with E-state index < -0.39 is 0 Å². The summed E-state index contributed by atoms with van der Waals surface area (Å²) in [5.41, 5.74) is 3.43. The van der Waals surface area contributed by atoms with E-state index in [-0.39, 0.29) is 0 Å². The van der Waals surface area contributed by atoms with Crippen molar-refractivity contribution in [3.05, 3.63) is 42.1 Å². The molecule has 0 unspecified atom stereocenters. The van der Waals surface area contributed by atoms with Gasteiger partial charge in [0.25, 0.3) is 0 Å². The molecule has 0 amide bonds. The molecule has 0 fully saturated rings. The fourth-order valence-corrected chi connectivity index (χ4v) is 2.23. The smallest absolute Gasteiger partial charge is 0.140 e. The topological polar surface area (TPSA) is 53.9 Å². The first kappa shape index (κ1) is 11.1. The molecule has 1 aliphatic rings. The largest absolute Gasteiger partial charge is 0.329 e. The third kappa shape index (κ3) is 1.93. The lowest BCUT2D eigenvalue weighted by Gasteiger charge is -2.24. The summed E-state index contributed by atoms with van der Waals surface area (Å²) in [6, 6.07) is 3.95. The van der Waals surface area contributed by atoms with Crippen LogP contribution >= 0.6 is 0 Å². The molecule has 0 spiro atoms. The lowest BCUT2D eigenvalue weighted by molar-refractivity contribution is 0.625. The minimum atomic E-state index is 0.834. The van der Waals surface area contributed by atoms with Crippen LogP contribution in [0.25, 0.3) is 0 Å². The van der Waals surface area contributed by atoms with Gasteiger partial charge in [0.2, 0.25) is 0 Å². The average molecular weight is 241 g/mol. The first-order valence-electron chi connectivity index (χ1n) is 6.03. The van der Waals surface area contributed by atoms with Crippen LogP contribution in [-0.2, 0) is 13.0 Å². The maximum atomic E-state index is 4.42. The quantitative estimate of drug-likeness (QED) is 0.858. The third-order valence-corrected chi connectivity index (χ3v) is 3.22. The van der Waals surface area contributed by atoms with Gasteiger partial charge in [0.05, 0.1) is 5.69 Å². The lowest BCUT2D eigenvalue weighted by Crippen LogP contribution is -2.27. The fraction of sp³-hybridized carbons (Fsp3) is 0.308. The summed E-state index contributed by atoms with van der Waals surface area (Å²) in [7, 11) is 2.02. The molecular weight excluding hydrogens is 226 g/mol. The van der Waals surface area contributed by atoms with Gasteiger partial charge in [-0.25, -0.2) is 9.97 Å². The summed E-state index contributed by atoms with van der Waals surface area (Å²) in [5, 5.41) is 3.37. The van der Waals surface area contributed by atoms with Gasteiger partial charge < -0.3 is 10.2 Å². The van der Waals surface area contributed by atoms with E-state index >= 15 is 0 Å². The van der Waals surface area contributed by atoms with Crippen LogP contribution < -0.4 is 10.2 Å². The number of pyridine rings is 1. The molecule has 0 aliphatic carbocycles. The molecule has 0 saturated heterocycles. The average Bonchev–Trinajstić information content (AvgIpc) is 2.47. The Balaban J connectivity index is 2.02. The summed E-state index contributed by atoms with van der Waals surface area (Å²) in [5.74, 6) is 0.971. The minimum Gasteiger partial charge on any atom is -0.329 e. The van der Waals surface area contributed by atoms with Gasteiger partial charge in [-0.1, -0.05) is 0 Å². The molecule has 0 atom stereocenters. The van der Waals surface area contributed by atoms with E-state index in [4.69, 9.17) is 0 Å². The number of hydrogen-bond donors (Lipinski definition) is 1. The highest BCUT2D eigenvalue weighted by molar-refractivity contribution is 5.62. The van der Waals surface area contributed by atoms with Crippen LogP contribution in [0.1, 0.15) is 11.3 Å². The number of hydrogen-bond acceptors (Lipinski definition) is 5. The van der Waals surface area contributed by atoms with Crippen LogP contribution in [0.15, 0.2) is 30.9 Å². The zero-order chi connectivity index (χ0) is 12.4. The van der Waals surface area contributed by atoms with Crippen molar-refractivity contribution < 1.29 is 0 Å². The van der Waals surface area contributed by atoms with Crippen LogP contribution in [0.2, 0.25) is 0 Å². The molecule has 1 aliphatic heterocycles. The van der Waals surface area contributed by atoms with E-state index in [1.165, 1.54) is 5.56 Å². The second kappa shape index (κ2) is 4.70. The number of rotatable bonds is 2. The Morgan fingerprint density at radius 2 is 2.06 bits per heavy atom. The molecule has 3 heterocycles. The predicted molar refractivity (Wildman–Crippen MR) is 69.7 cm³/mol. The van der Waals surface area contributed by atoms with Gasteiger partial charge in [-0.2, -0.15) is 0 Å². The summed E-state index contributed by atoms with van der Waals surface area (Å²) in [6.07, 6.45) is 6.20. The molecule has 0 saturated carbocycles. The van der Waals surface area contributed by atoms with E-state index in [2.05, 4.69) is 25.2 Å². The molecule has 0 bridgehead atoms. The highest BCUT2D eigenvalue weighted by Gasteiger charge is 2.18. The maximum Gasteiger partial charge on any atom is 0.140 e. The summed E-state index contributed by atoms with van der Waals surface area (Å²) >= 11 is 0. The fourth-order valence-electron chi connectivity index (χ4n) is 2.23. The van der Waals surface area contributed by atoms with Crippen molar-refractivity contribution >= 4 is 11.5 Å². The van der Waals surface area contributed by atoms with Crippen LogP contribution in [0, 0.1) is 0 Å². The summed E-state index contributed by atoms with van der Waals surface area (Å²) in [6.45, 7) is 1.82. The molecule has 0 radical (unpaired) electrons. The Hall–Kier alpha value is -2.01. The number of nitrogens with one attached hydrogen (secondary N) is 1. The van der Waals surface area contributed by atoms with Gasteiger partial charge in [0.1, 0.15) is 12.1 Å². The van der Waals surface area contributed by atoms with E-state index in [0.717, 1.165) is 36.7 Å². The van der Waals surface area contributed by atoms with E-state index in [9.17, 15) is 0 Å². The van der Waals surface area contributed by atoms with Crippen LogP contribution in [-0.4, -0.2) is 28.5 Å². The summed E-state index contributed by atoms with van der Waals surface area (Å²) in [4.78, 5) is 14.9. The van der Waals surface area contributed by atoms with Gasteiger partial charge in [-0.3, -0.25) is 4.98 Å². The Labute approximate surface area is 106 Å². The molecule has 1 N–H and O–H groups in total. The van der Waals surface area contributed by atoms with Crippen molar-refractivity contribution in [1.82, 2.24) is 20.3 Å². The van der Waals surface area contributed by atoms with Gasteiger partial charge >= 0.3 is 0 Å². The van der Waals surface area contributed by atoms with Gasteiger partial charge in [0.15, 0.2) is 0 Å². The van der Waals surface area contributed by atoms with Crippen molar-refractivity contribution in [2.45, 2.75) is 13.0 Å². The SMILES string of the molecule is CN(c1ccncc1)c1ncnc2c1CNCC2. The standard InChI is InChI=1S/C13H15N5/c1-18(10-2-5-14-6-3-10)13-11-8-15-7-4-12(11)16-9-17-13/h2-3,5-6,9,15H,4,7-8H2,1H3. The van der Waals surface area contributed by atoms with Gasteiger partial charge in [0, 0.05) is 50.2 Å².